The van der Waals surface area contributed by atoms with Crippen molar-refractivity contribution in [2.45, 2.75) is 25.7 Å². The molecule has 2 N–H and O–H groups in total. The zero-order valence-electron chi connectivity index (χ0n) is 14.4. The third kappa shape index (κ3) is 4.66. The molecule has 3 heteroatoms. The first-order chi connectivity index (χ1) is 12.1. The van der Waals surface area contributed by atoms with E-state index in [9.17, 15) is 4.39 Å². The maximum atomic E-state index is 13.1. The van der Waals surface area contributed by atoms with Gasteiger partial charge in [0.1, 0.15) is 5.82 Å². The van der Waals surface area contributed by atoms with Crippen LogP contribution >= 0.6 is 0 Å². The molecule has 3 aromatic rings. The second kappa shape index (κ2) is 7.93. The SMILES string of the molecule is CC(CC(=N)CCNc1cccc(F)c1)c1ccc2ccccc2c1. The highest BCUT2D eigenvalue weighted by atomic mass is 19.1. The highest BCUT2D eigenvalue weighted by molar-refractivity contribution is 5.84. The van der Waals surface area contributed by atoms with Gasteiger partial charge in [0.25, 0.3) is 0 Å². The fourth-order valence-electron chi connectivity index (χ4n) is 3.06. The van der Waals surface area contributed by atoms with Gasteiger partial charge in [-0.15, -0.1) is 0 Å². The van der Waals surface area contributed by atoms with Gasteiger partial charge < -0.3 is 10.7 Å². The zero-order valence-corrected chi connectivity index (χ0v) is 14.4. The minimum Gasteiger partial charge on any atom is -0.385 e. The van der Waals surface area contributed by atoms with E-state index in [1.165, 1.54) is 28.5 Å². The standard InChI is InChI=1S/C22H23FN2/c1-16(18-10-9-17-5-2-3-6-19(17)14-18)13-21(24)11-12-25-22-8-4-7-20(23)15-22/h2-10,14-16,24-25H,11-13H2,1H3. The number of fused-ring (bicyclic) bond motifs is 1. The Morgan fingerprint density at radius 1 is 1.00 bits per heavy atom. The van der Waals surface area contributed by atoms with Crippen molar-refractivity contribution >= 4 is 22.2 Å². The minimum absolute atomic E-state index is 0.245. The quantitative estimate of drug-likeness (QED) is 0.511. The Labute approximate surface area is 148 Å². The topological polar surface area (TPSA) is 35.9 Å². The van der Waals surface area contributed by atoms with Crippen molar-refractivity contribution in [1.29, 1.82) is 5.41 Å². The molecule has 0 fully saturated rings. The molecule has 0 aliphatic rings. The van der Waals surface area contributed by atoms with Crippen molar-refractivity contribution in [3.63, 3.8) is 0 Å². The number of benzene rings is 3. The van der Waals surface area contributed by atoms with Gasteiger partial charge in [0, 0.05) is 24.4 Å². The van der Waals surface area contributed by atoms with Gasteiger partial charge in [0.05, 0.1) is 0 Å². The molecule has 0 saturated carbocycles. The highest BCUT2D eigenvalue weighted by Crippen LogP contribution is 2.24. The summed E-state index contributed by atoms with van der Waals surface area (Å²) in [5, 5.41) is 13.9. The van der Waals surface area contributed by atoms with Crippen LogP contribution in [0.25, 0.3) is 10.8 Å². The van der Waals surface area contributed by atoms with E-state index in [1.807, 2.05) is 12.1 Å². The van der Waals surface area contributed by atoms with Crippen molar-refractivity contribution in [3.05, 3.63) is 78.1 Å². The van der Waals surface area contributed by atoms with Crippen molar-refractivity contribution < 1.29 is 4.39 Å². The molecule has 0 aliphatic heterocycles. The van der Waals surface area contributed by atoms with E-state index in [0.717, 1.165) is 12.1 Å². The fourth-order valence-corrected chi connectivity index (χ4v) is 3.06. The molecule has 0 bridgehead atoms. The average Bonchev–Trinajstić information content (AvgIpc) is 2.61. The Balaban J connectivity index is 1.52. The summed E-state index contributed by atoms with van der Waals surface area (Å²) in [4.78, 5) is 0. The van der Waals surface area contributed by atoms with E-state index in [4.69, 9.17) is 5.41 Å². The average molecular weight is 334 g/mol. The van der Waals surface area contributed by atoms with E-state index in [-0.39, 0.29) is 5.82 Å². The van der Waals surface area contributed by atoms with Crippen LogP contribution < -0.4 is 5.32 Å². The van der Waals surface area contributed by atoms with Gasteiger partial charge in [-0.3, -0.25) is 0 Å². The molecule has 25 heavy (non-hydrogen) atoms. The van der Waals surface area contributed by atoms with Crippen molar-refractivity contribution in [2.75, 3.05) is 11.9 Å². The summed E-state index contributed by atoms with van der Waals surface area (Å²) in [7, 11) is 0. The van der Waals surface area contributed by atoms with Crippen molar-refractivity contribution in [3.8, 4) is 0 Å². The Bertz CT molecular complexity index is 873. The summed E-state index contributed by atoms with van der Waals surface area (Å²) in [6.07, 6.45) is 1.40. The minimum atomic E-state index is -0.245. The summed E-state index contributed by atoms with van der Waals surface area (Å²) >= 11 is 0. The van der Waals surface area contributed by atoms with Crippen LogP contribution in [-0.4, -0.2) is 12.3 Å². The van der Waals surface area contributed by atoms with Gasteiger partial charge >= 0.3 is 0 Å². The first-order valence-electron chi connectivity index (χ1n) is 8.66. The van der Waals surface area contributed by atoms with Gasteiger partial charge in [-0.1, -0.05) is 55.5 Å². The molecule has 2 nitrogen and oxygen atoms in total. The van der Waals surface area contributed by atoms with Crippen LogP contribution in [0.5, 0.6) is 0 Å². The molecule has 3 rings (SSSR count). The molecule has 1 atom stereocenters. The van der Waals surface area contributed by atoms with Gasteiger partial charge in [-0.2, -0.15) is 0 Å². The normalized spacial score (nSPS) is 12.1. The fraction of sp³-hybridized carbons (Fsp3) is 0.227. The lowest BCUT2D eigenvalue weighted by Gasteiger charge is -2.14. The number of halogens is 1. The molecule has 1 unspecified atom stereocenters. The summed E-state index contributed by atoms with van der Waals surface area (Å²) in [5.74, 6) is 0.0660. The van der Waals surface area contributed by atoms with Crippen LogP contribution in [0.3, 0.4) is 0 Å². The molecular weight excluding hydrogens is 311 g/mol. The van der Waals surface area contributed by atoms with Crippen LogP contribution in [-0.2, 0) is 0 Å². The van der Waals surface area contributed by atoms with Crippen LogP contribution in [0.2, 0.25) is 0 Å². The second-order valence-corrected chi connectivity index (χ2v) is 6.50. The Morgan fingerprint density at radius 3 is 2.60 bits per heavy atom. The van der Waals surface area contributed by atoms with Crippen LogP contribution in [0, 0.1) is 11.2 Å². The summed E-state index contributed by atoms with van der Waals surface area (Å²) < 4.78 is 13.1. The first-order valence-corrected chi connectivity index (χ1v) is 8.66. The van der Waals surface area contributed by atoms with E-state index in [2.05, 4.69) is 48.6 Å². The summed E-state index contributed by atoms with van der Waals surface area (Å²) in [6, 6.07) is 21.3. The highest BCUT2D eigenvalue weighted by Gasteiger charge is 2.09. The molecule has 0 amide bonds. The van der Waals surface area contributed by atoms with Crippen LogP contribution in [0.15, 0.2) is 66.7 Å². The van der Waals surface area contributed by atoms with E-state index in [0.29, 0.717) is 24.6 Å². The number of rotatable bonds is 7. The summed E-state index contributed by atoms with van der Waals surface area (Å²) in [6.45, 7) is 2.81. The number of nitrogens with one attached hydrogen (secondary N) is 2. The smallest absolute Gasteiger partial charge is 0.125 e. The third-order valence-electron chi connectivity index (χ3n) is 4.48. The maximum absolute atomic E-state index is 13.1. The predicted octanol–water partition coefficient (Wildman–Crippen LogP) is 5.99. The Kier molecular flexibility index (Phi) is 5.44. The third-order valence-corrected chi connectivity index (χ3v) is 4.48. The van der Waals surface area contributed by atoms with Gasteiger partial charge in [0.2, 0.25) is 0 Å². The van der Waals surface area contributed by atoms with Crippen LogP contribution in [0.1, 0.15) is 31.2 Å². The molecule has 0 radical (unpaired) electrons. The van der Waals surface area contributed by atoms with E-state index < -0.39 is 0 Å². The molecule has 0 aliphatic carbocycles. The van der Waals surface area contributed by atoms with Gasteiger partial charge in [-0.05, 0) is 46.9 Å². The number of hydrogen-bond donors (Lipinski definition) is 2. The lowest BCUT2D eigenvalue weighted by atomic mass is 9.92. The lowest BCUT2D eigenvalue weighted by molar-refractivity contribution is 0.628. The van der Waals surface area contributed by atoms with E-state index in [1.54, 1.807) is 6.07 Å². The first kappa shape index (κ1) is 17.2. The lowest BCUT2D eigenvalue weighted by Crippen LogP contribution is -2.10. The molecule has 3 aromatic carbocycles. The monoisotopic (exact) mass is 334 g/mol. The molecule has 0 spiro atoms. The van der Waals surface area contributed by atoms with Crippen molar-refractivity contribution in [1.82, 2.24) is 0 Å². The Hall–Kier alpha value is -2.68. The second-order valence-electron chi connectivity index (χ2n) is 6.50. The predicted molar refractivity (Wildman–Crippen MR) is 104 cm³/mol. The van der Waals surface area contributed by atoms with Crippen molar-refractivity contribution in [2.24, 2.45) is 0 Å². The van der Waals surface area contributed by atoms with Gasteiger partial charge in [0.15, 0.2) is 0 Å². The number of anilines is 1. The molecule has 0 saturated heterocycles. The summed E-state index contributed by atoms with van der Waals surface area (Å²) in [5.41, 5.74) is 2.74. The van der Waals surface area contributed by atoms with E-state index >= 15 is 0 Å². The number of hydrogen-bond acceptors (Lipinski definition) is 2. The molecule has 0 aromatic heterocycles. The zero-order chi connectivity index (χ0) is 17.6. The molecule has 128 valence electrons. The van der Waals surface area contributed by atoms with Gasteiger partial charge in [-0.25, -0.2) is 4.39 Å². The molecular formula is C22H23FN2. The molecule has 0 heterocycles. The Morgan fingerprint density at radius 2 is 1.80 bits per heavy atom. The van der Waals surface area contributed by atoms with Crippen LogP contribution in [0.4, 0.5) is 10.1 Å². The maximum Gasteiger partial charge on any atom is 0.125 e. The largest absolute Gasteiger partial charge is 0.385 e.